The van der Waals surface area contributed by atoms with Crippen LogP contribution in [0.3, 0.4) is 0 Å². The van der Waals surface area contributed by atoms with Gasteiger partial charge in [-0.3, -0.25) is 4.79 Å². The fourth-order valence-electron chi connectivity index (χ4n) is 2.60. The molecule has 1 atom stereocenters. The Hall–Kier alpha value is -1.85. The van der Waals surface area contributed by atoms with E-state index in [4.69, 9.17) is 17.3 Å². The molecule has 2 aromatic carbocycles. The first kappa shape index (κ1) is 16.0. The molecule has 0 radical (unpaired) electrons. The number of anilines is 1. The predicted octanol–water partition coefficient (Wildman–Crippen LogP) is 4.28. The van der Waals surface area contributed by atoms with E-state index in [0.717, 1.165) is 16.1 Å². The quantitative estimate of drug-likeness (QED) is 0.839. The molecular weight excluding hydrogens is 326 g/mol. The Bertz CT molecular complexity index is 743. The van der Waals surface area contributed by atoms with Gasteiger partial charge in [-0.05, 0) is 24.6 Å². The molecule has 1 unspecified atom stereocenters. The average molecular weight is 343 g/mol. The molecule has 0 aromatic heterocycles. The Labute approximate surface area is 145 Å². The highest BCUT2D eigenvalue weighted by atomic mass is 32.2. The van der Waals surface area contributed by atoms with Crippen molar-refractivity contribution < 1.29 is 9.90 Å². The van der Waals surface area contributed by atoms with E-state index < -0.39 is 5.97 Å². The maximum Gasteiger partial charge on any atom is 0.304 e. The van der Waals surface area contributed by atoms with Crippen LogP contribution in [0.25, 0.3) is 0 Å². The number of thioether (sulfide) groups is 1. The van der Waals surface area contributed by atoms with Gasteiger partial charge in [-0.1, -0.05) is 54.2 Å². The van der Waals surface area contributed by atoms with Gasteiger partial charge in [0.25, 0.3) is 0 Å². The standard InChI is InChI=1S/C18H17NO2S2/c1-12-6-8-13(9-7-12)11-19-14-4-2-3-5-15(14)23-16(18(19)22)10-17(20)21/h2-9,16H,10-11H2,1H3,(H,20,21). The topological polar surface area (TPSA) is 40.5 Å². The zero-order chi connectivity index (χ0) is 16.4. The van der Waals surface area contributed by atoms with Crippen molar-refractivity contribution in [3.63, 3.8) is 0 Å². The largest absolute Gasteiger partial charge is 0.481 e. The average Bonchev–Trinajstić information content (AvgIpc) is 2.53. The molecule has 0 fully saturated rings. The Kier molecular flexibility index (Phi) is 4.68. The molecule has 0 saturated carbocycles. The minimum Gasteiger partial charge on any atom is -0.481 e. The Balaban J connectivity index is 1.93. The van der Waals surface area contributed by atoms with Crippen molar-refractivity contribution in [2.75, 3.05) is 4.90 Å². The van der Waals surface area contributed by atoms with Gasteiger partial charge in [0.15, 0.2) is 0 Å². The number of benzene rings is 2. The summed E-state index contributed by atoms with van der Waals surface area (Å²) in [4.78, 5) is 15.0. The van der Waals surface area contributed by atoms with Crippen molar-refractivity contribution in [1.29, 1.82) is 0 Å². The molecule has 23 heavy (non-hydrogen) atoms. The molecule has 1 aliphatic rings. The van der Waals surface area contributed by atoms with E-state index in [2.05, 4.69) is 36.1 Å². The smallest absolute Gasteiger partial charge is 0.304 e. The lowest BCUT2D eigenvalue weighted by Gasteiger charge is -2.35. The number of thiocarbonyl (C=S) groups is 1. The number of rotatable bonds is 4. The van der Waals surface area contributed by atoms with Crippen LogP contribution in [-0.4, -0.2) is 21.3 Å². The van der Waals surface area contributed by atoms with Crippen LogP contribution < -0.4 is 4.90 Å². The number of carbonyl (C=O) groups is 1. The third-order valence-corrected chi connectivity index (χ3v) is 5.72. The third-order valence-electron chi connectivity index (χ3n) is 3.79. The third kappa shape index (κ3) is 3.57. The Morgan fingerprint density at radius 2 is 1.91 bits per heavy atom. The maximum absolute atomic E-state index is 11.1. The molecular formula is C18H17NO2S2. The van der Waals surface area contributed by atoms with Crippen molar-refractivity contribution in [2.45, 2.75) is 30.0 Å². The lowest BCUT2D eigenvalue weighted by molar-refractivity contribution is -0.136. The van der Waals surface area contributed by atoms with Crippen LogP contribution >= 0.6 is 24.0 Å². The van der Waals surface area contributed by atoms with Gasteiger partial charge in [0.2, 0.25) is 0 Å². The van der Waals surface area contributed by atoms with Crippen molar-refractivity contribution in [1.82, 2.24) is 0 Å². The summed E-state index contributed by atoms with van der Waals surface area (Å²) in [7, 11) is 0. The van der Waals surface area contributed by atoms with Gasteiger partial charge in [0.05, 0.1) is 22.3 Å². The SMILES string of the molecule is Cc1ccc(CN2C(=S)C(CC(=O)O)Sc3ccccc32)cc1. The molecule has 0 amide bonds. The number of carboxylic acids is 1. The first-order chi connectivity index (χ1) is 11.0. The molecule has 1 N–H and O–H groups in total. The zero-order valence-corrected chi connectivity index (χ0v) is 14.4. The number of hydrogen-bond acceptors (Lipinski definition) is 3. The second-order valence-corrected chi connectivity index (χ2v) is 7.24. The van der Waals surface area contributed by atoms with E-state index in [1.165, 1.54) is 5.56 Å². The molecule has 1 aliphatic heterocycles. The molecule has 0 saturated heterocycles. The van der Waals surface area contributed by atoms with Crippen LogP contribution in [-0.2, 0) is 11.3 Å². The Morgan fingerprint density at radius 1 is 1.22 bits per heavy atom. The van der Waals surface area contributed by atoms with Crippen LogP contribution in [0.4, 0.5) is 5.69 Å². The van der Waals surface area contributed by atoms with E-state index >= 15 is 0 Å². The monoisotopic (exact) mass is 343 g/mol. The molecule has 118 valence electrons. The van der Waals surface area contributed by atoms with Gasteiger partial charge < -0.3 is 10.0 Å². The van der Waals surface area contributed by atoms with E-state index in [0.29, 0.717) is 11.5 Å². The first-order valence-electron chi connectivity index (χ1n) is 7.39. The molecule has 0 aliphatic carbocycles. The summed E-state index contributed by atoms with van der Waals surface area (Å²) in [5.74, 6) is -0.820. The van der Waals surface area contributed by atoms with Crippen LogP contribution in [0, 0.1) is 6.92 Å². The van der Waals surface area contributed by atoms with E-state index in [9.17, 15) is 4.79 Å². The molecule has 3 rings (SSSR count). The number of aliphatic carboxylic acids is 1. The number of fused-ring (bicyclic) bond motifs is 1. The summed E-state index contributed by atoms with van der Waals surface area (Å²) in [6.45, 7) is 2.72. The molecule has 0 spiro atoms. The van der Waals surface area contributed by atoms with Gasteiger partial charge in [-0.15, -0.1) is 11.8 Å². The van der Waals surface area contributed by atoms with Crippen molar-refractivity contribution >= 4 is 40.6 Å². The number of nitrogens with zero attached hydrogens (tertiary/aromatic N) is 1. The second-order valence-electron chi connectivity index (χ2n) is 5.58. The number of hydrogen-bond donors (Lipinski definition) is 1. The van der Waals surface area contributed by atoms with E-state index in [1.807, 2.05) is 24.3 Å². The minimum atomic E-state index is -0.820. The maximum atomic E-state index is 11.1. The lowest BCUT2D eigenvalue weighted by Crippen LogP contribution is -2.40. The van der Waals surface area contributed by atoms with Gasteiger partial charge in [-0.25, -0.2) is 0 Å². The number of aryl methyl sites for hydroxylation is 1. The molecule has 5 heteroatoms. The second kappa shape index (κ2) is 6.72. The van der Waals surface area contributed by atoms with Crippen LogP contribution in [0.2, 0.25) is 0 Å². The normalized spacial score (nSPS) is 17.0. The molecule has 1 heterocycles. The summed E-state index contributed by atoms with van der Waals surface area (Å²) in [6.07, 6.45) is 0.0439. The van der Waals surface area contributed by atoms with Gasteiger partial charge in [0, 0.05) is 11.4 Å². The number of carboxylic acid groups (broad SMARTS) is 1. The van der Waals surface area contributed by atoms with Gasteiger partial charge in [0.1, 0.15) is 0 Å². The summed E-state index contributed by atoms with van der Waals surface area (Å²) >= 11 is 7.16. The highest BCUT2D eigenvalue weighted by Crippen LogP contribution is 2.41. The van der Waals surface area contributed by atoms with Crippen molar-refractivity contribution in [2.24, 2.45) is 0 Å². The fraction of sp³-hybridized carbons (Fsp3) is 0.222. The lowest BCUT2D eigenvalue weighted by atomic mass is 10.1. The highest BCUT2D eigenvalue weighted by molar-refractivity contribution is 8.02. The van der Waals surface area contributed by atoms with E-state index in [1.54, 1.807) is 11.8 Å². The summed E-state index contributed by atoms with van der Waals surface area (Å²) in [5.41, 5.74) is 3.44. The fourth-order valence-corrected chi connectivity index (χ4v) is 4.21. The van der Waals surface area contributed by atoms with Crippen LogP contribution in [0.5, 0.6) is 0 Å². The van der Waals surface area contributed by atoms with Gasteiger partial charge in [-0.2, -0.15) is 0 Å². The molecule has 3 nitrogen and oxygen atoms in total. The first-order valence-corrected chi connectivity index (χ1v) is 8.68. The number of para-hydroxylation sites is 1. The van der Waals surface area contributed by atoms with Crippen molar-refractivity contribution in [3.8, 4) is 0 Å². The van der Waals surface area contributed by atoms with Gasteiger partial charge >= 0.3 is 5.97 Å². The summed E-state index contributed by atoms with van der Waals surface area (Å²) < 4.78 is 0. The zero-order valence-electron chi connectivity index (χ0n) is 12.7. The predicted molar refractivity (Wildman–Crippen MR) is 98.3 cm³/mol. The van der Waals surface area contributed by atoms with Crippen LogP contribution in [0.15, 0.2) is 53.4 Å². The summed E-state index contributed by atoms with van der Waals surface area (Å²) in [5, 5.41) is 8.94. The van der Waals surface area contributed by atoms with Crippen LogP contribution in [0.1, 0.15) is 17.5 Å². The van der Waals surface area contributed by atoms with Crippen molar-refractivity contribution in [3.05, 3.63) is 59.7 Å². The van der Waals surface area contributed by atoms with E-state index in [-0.39, 0.29) is 11.7 Å². The summed E-state index contributed by atoms with van der Waals surface area (Å²) in [6, 6.07) is 16.4. The minimum absolute atomic E-state index is 0.0439. The molecule has 2 aromatic rings. The molecule has 0 bridgehead atoms. The highest BCUT2D eigenvalue weighted by Gasteiger charge is 2.31. The Morgan fingerprint density at radius 3 is 2.61 bits per heavy atom.